The van der Waals surface area contributed by atoms with E-state index < -0.39 is 0 Å². The normalized spacial score (nSPS) is 20.5. The molecule has 1 N–H and O–H groups in total. The number of para-hydroxylation sites is 1. The summed E-state index contributed by atoms with van der Waals surface area (Å²) in [5, 5.41) is 6.93. The predicted molar refractivity (Wildman–Crippen MR) is 94.4 cm³/mol. The van der Waals surface area contributed by atoms with E-state index in [-0.39, 0.29) is 0 Å². The van der Waals surface area contributed by atoms with Gasteiger partial charge in [0, 0.05) is 31.1 Å². The third-order valence-electron chi connectivity index (χ3n) is 4.68. The third kappa shape index (κ3) is 3.51. The summed E-state index contributed by atoms with van der Waals surface area (Å²) >= 11 is 1.75. The molecule has 0 radical (unpaired) electrons. The van der Waals surface area contributed by atoms with E-state index in [1.54, 1.807) is 11.3 Å². The first-order valence-corrected chi connectivity index (χ1v) is 9.29. The van der Waals surface area contributed by atoms with Crippen molar-refractivity contribution in [3.63, 3.8) is 0 Å². The van der Waals surface area contributed by atoms with E-state index in [9.17, 15) is 0 Å². The van der Waals surface area contributed by atoms with Crippen LogP contribution in [0, 0.1) is 0 Å². The summed E-state index contributed by atoms with van der Waals surface area (Å²) in [5.74, 6) is 1.04. The fourth-order valence-corrected chi connectivity index (χ4v) is 3.88. The zero-order valence-corrected chi connectivity index (χ0v) is 14.3. The van der Waals surface area contributed by atoms with Crippen molar-refractivity contribution >= 4 is 16.5 Å². The Bertz CT molecular complexity index is 641. The highest BCUT2D eigenvalue weighted by atomic mass is 32.1. The summed E-state index contributed by atoms with van der Waals surface area (Å²) in [7, 11) is 2.16. The van der Waals surface area contributed by atoms with Crippen molar-refractivity contribution in [3.05, 3.63) is 40.9 Å². The van der Waals surface area contributed by atoms with Crippen LogP contribution >= 0.6 is 11.3 Å². The van der Waals surface area contributed by atoms with Gasteiger partial charge in [-0.3, -0.25) is 0 Å². The highest BCUT2D eigenvalue weighted by molar-refractivity contribution is 7.13. The Labute approximate surface area is 141 Å². The van der Waals surface area contributed by atoms with Crippen molar-refractivity contribution < 1.29 is 4.74 Å². The second-order valence-electron chi connectivity index (χ2n) is 6.50. The van der Waals surface area contributed by atoms with Crippen molar-refractivity contribution in [1.29, 1.82) is 0 Å². The smallest absolute Gasteiger partial charge is 0.185 e. The number of hydrogen-bond acceptors (Lipinski definition) is 5. The standard InChI is InChI=1S/C18H23N3OS/c1-21(16-8-9-16)18-20-15(12-23-18)10-19-14-7-6-13-4-2-3-5-17(13)22-11-14/h2-5,12,14,16,19H,6-11H2,1H3. The van der Waals surface area contributed by atoms with Crippen LogP contribution in [0.2, 0.25) is 0 Å². The molecule has 1 atom stereocenters. The molecule has 23 heavy (non-hydrogen) atoms. The lowest BCUT2D eigenvalue weighted by Gasteiger charge is -2.16. The summed E-state index contributed by atoms with van der Waals surface area (Å²) < 4.78 is 5.94. The second-order valence-corrected chi connectivity index (χ2v) is 7.34. The number of aryl methyl sites for hydroxylation is 1. The number of rotatable bonds is 5. The summed E-state index contributed by atoms with van der Waals surface area (Å²) in [5.41, 5.74) is 2.46. The quantitative estimate of drug-likeness (QED) is 0.914. The monoisotopic (exact) mass is 329 g/mol. The highest BCUT2D eigenvalue weighted by Crippen LogP contribution is 2.32. The van der Waals surface area contributed by atoms with Crippen molar-refractivity contribution in [2.45, 2.75) is 44.3 Å². The van der Waals surface area contributed by atoms with E-state index in [2.05, 4.69) is 40.8 Å². The number of anilines is 1. The van der Waals surface area contributed by atoms with Crippen LogP contribution in [-0.2, 0) is 13.0 Å². The molecule has 1 aromatic carbocycles. The van der Waals surface area contributed by atoms with E-state index in [0.717, 1.165) is 48.6 Å². The molecule has 4 rings (SSSR count). The Morgan fingerprint density at radius 1 is 1.30 bits per heavy atom. The fourth-order valence-electron chi connectivity index (χ4n) is 3.02. The van der Waals surface area contributed by atoms with Gasteiger partial charge >= 0.3 is 0 Å². The summed E-state index contributed by atoms with van der Waals surface area (Å²) in [4.78, 5) is 7.08. The molecule has 1 aromatic heterocycles. The van der Waals surface area contributed by atoms with Crippen LogP contribution in [0.3, 0.4) is 0 Å². The first-order valence-electron chi connectivity index (χ1n) is 8.41. The van der Waals surface area contributed by atoms with Crippen LogP contribution < -0.4 is 15.0 Å². The van der Waals surface area contributed by atoms with Gasteiger partial charge in [-0.1, -0.05) is 18.2 Å². The Kier molecular flexibility index (Phi) is 4.23. The largest absolute Gasteiger partial charge is 0.492 e. The average Bonchev–Trinajstić information content (AvgIpc) is 3.35. The van der Waals surface area contributed by atoms with Gasteiger partial charge in [0.1, 0.15) is 12.4 Å². The Morgan fingerprint density at radius 3 is 3.04 bits per heavy atom. The SMILES string of the molecule is CN(c1nc(CNC2CCc3ccccc3OC2)cs1)C1CC1. The van der Waals surface area contributed by atoms with Gasteiger partial charge in [-0.05, 0) is 37.3 Å². The summed E-state index contributed by atoms with van der Waals surface area (Å²) in [6, 6.07) is 9.46. The van der Waals surface area contributed by atoms with Gasteiger partial charge in [-0.25, -0.2) is 4.98 Å². The van der Waals surface area contributed by atoms with E-state index in [0.29, 0.717) is 6.04 Å². The molecule has 1 saturated carbocycles. The molecule has 122 valence electrons. The van der Waals surface area contributed by atoms with Crippen molar-refractivity contribution in [2.75, 3.05) is 18.6 Å². The number of hydrogen-bond donors (Lipinski definition) is 1. The maximum absolute atomic E-state index is 5.94. The van der Waals surface area contributed by atoms with Crippen LogP contribution in [0.4, 0.5) is 5.13 Å². The van der Waals surface area contributed by atoms with Gasteiger partial charge in [-0.15, -0.1) is 11.3 Å². The molecule has 4 nitrogen and oxygen atoms in total. The maximum atomic E-state index is 5.94. The van der Waals surface area contributed by atoms with Crippen molar-refractivity contribution in [1.82, 2.24) is 10.3 Å². The molecule has 1 unspecified atom stereocenters. The molecule has 2 heterocycles. The molecule has 0 saturated heterocycles. The third-order valence-corrected chi connectivity index (χ3v) is 5.66. The summed E-state index contributed by atoms with van der Waals surface area (Å²) in [6.45, 7) is 1.55. The average molecular weight is 329 g/mol. The van der Waals surface area contributed by atoms with E-state index in [4.69, 9.17) is 9.72 Å². The zero-order chi connectivity index (χ0) is 15.6. The molecule has 1 aliphatic heterocycles. The molecular formula is C18H23N3OS. The number of benzene rings is 1. The maximum Gasteiger partial charge on any atom is 0.185 e. The molecule has 0 bridgehead atoms. The lowest BCUT2D eigenvalue weighted by molar-refractivity contribution is 0.267. The Morgan fingerprint density at radius 2 is 2.17 bits per heavy atom. The number of fused-ring (bicyclic) bond motifs is 1. The lowest BCUT2D eigenvalue weighted by atomic mass is 10.1. The minimum Gasteiger partial charge on any atom is -0.492 e. The topological polar surface area (TPSA) is 37.4 Å². The van der Waals surface area contributed by atoms with Gasteiger partial charge in [0.05, 0.1) is 5.69 Å². The number of thiazole rings is 1. The number of aromatic nitrogens is 1. The van der Waals surface area contributed by atoms with Gasteiger partial charge < -0.3 is 15.0 Å². The van der Waals surface area contributed by atoms with Crippen LogP contribution in [0.15, 0.2) is 29.6 Å². The summed E-state index contributed by atoms with van der Waals surface area (Å²) in [6.07, 6.45) is 4.80. The van der Waals surface area contributed by atoms with Crippen LogP contribution in [-0.4, -0.2) is 30.7 Å². The van der Waals surface area contributed by atoms with Crippen LogP contribution in [0.1, 0.15) is 30.5 Å². The molecule has 5 heteroatoms. The molecular weight excluding hydrogens is 306 g/mol. The van der Waals surface area contributed by atoms with Crippen molar-refractivity contribution in [2.24, 2.45) is 0 Å². The molecule has 0 spiro atoms. The van der Waals surface area contributed by atoms with Crippen molar-refractivity contribution in [3.8, 4) is 5.75 Å². The van der Waals surface area contributed by atoms with Gasteiger partial charge in [0.25, 0.3) is 0 Å². The molecule has 1 fully saturated rings. The van der Waals surface area contributed by atoms with Gasteiger partial charge in [-0.2, -0.15) is 0 Å². The van der Waals surface area contributed by atoms with E-state index in [1.807, 2.05) is 6.07 Å². The zero-order valence-electron chi connectivity index (χ0n) is 13.5. The highest BCUT2D eigenvalue weighted by Gasteiger charge is 2.28. The van der Waals surface area contributed by atoms with Gasteiger partial charge in [0.15, 0.2) is 5.13 Å². The number of ether oxygens (including phenoxy) is 1. The molecule has 0 amide bonds. The van der Waals surface area contributed by atoms with Crippen LogP contribution in [0.5, 0.6) is 5.75 Å². The number of nitrogens with one attached hydrogen (secondary N) is 1. The fraction of sp³-hybridized carbons (Fsp3) is 0.500. The molecule has 2 aliphatic rings. The second kappa shape index (κ2) is 6.49. The Hall–Kier alpha value is -1.59. The Balaban J connectivity index is 1.31. The lowest BCUT2D eigenvalue weighted by Crippen LogP contribution is -2.33. The minimum atomic E-state index is 0.383. The minimum absolute atomic E-state index is 0.383. The van der Waals surface area contributed by atoms with E-state index in [1.165, 1.54) is 18.4 Å². The number of nitrogens with zero attached hydrogens (tertiary/aromatic N) is 2. The molecule has 1 aliphatic carbocycles. The first kappa shape index (κ1) is 15.0. The predicted octanol–water partition coefficient (Wildman–Crippen LogP) is 3.23. The molecule has 2 aromatic rings. The first-order chi connectivity index (χ1) is 11.3. The van der Waals surface area contributed by atoms with Crippen LogP contribution in [0.25, 0.3) is 0 Å². The van der Waals surface area contributed by atoms with E-state index >= 15 is 0 Å². The van der Waals surface area contributed by atoms with Gasteiger partial charge in [0.2, 0.25) is 0 Å².